The number of aromatic nitrogens is 2. The quantitative estimate of drug-likeness (QED) is 0.843. The minimum absolute atomic E-state index is 0.0828. The number of hydrogen-bond acceptors (Lipinski definition) is 5. The fourth-order valence-corrected chi connectivity index (χ4v) is 1.32. The van der Waals surface area contributed by atoms with Gasteiger partial charge in [0.2, 0.25) is 5.91 Å². The van der Waals surface area contributed by atoms with Gasteiger partial charge in [0.05, 0.1) is 12.8 Å². The summed E-state index contributed by atoms with van der Waals surface area (Å²) < 4.78 is 5.18. The highest BCUT2D eigenvalue weighted by Crippen LogP contribution is 2.08. The molecule has 94 valence electrons. The molecule has 2 heterocycles. The van der Waals surface area contributed by atoms with E-state index >= 15 is 0 Å². The molecule has 6 heteroatoms. The first kappa shape index (κ1) is 12.1. The number of nitrogens with one attached hydrogen (secondary N) is 2. The molecule has 0 atom stereocenters. The van der Waals surface area contributed by atoms with Gasteiger partial charge >= 0.3 is 0 Å². The van der Waals surface area contributed by atoms with Gasteiger partial charge in [0.25, 0.3) is 0 Å². The van der Waals surface area contributed by atoms with Crippen LogP contribution in [0, 0.1) is 0 Å². The van der Waals surface area contributed by atoms with Gasteiger partial charge in [0.1, 0.15) is 11.6 Å². The van der Waals surface area contributed by atoms with Gasteiger partial charge in [-0.05, 0) is 24.3 Å². The van der Waals surface area contributed by atoms with Crippen molar-refractivity contribution in [3.63, 3.8) is 0 Å². The predicted molar refractivity (Wildman–Crippen MR) is 67.0 cm³/mol. The number of nitrogens with zero attached hydrogens (tertiary/aromatic N) is 2. The zero-order chi connectivity index (χ0) is 12.8. The minimum Gasteiger partial charge on any atom is -0.467 e. The highest BCUT2D eigenvalue weighted by atomic mass is 16.3. The van der Waals surface area contributed by atoms with Crippen molar-refractivity contribution < 1.29 is 9.21 Å². The average molecular weight is 246 g/mol. The topological polar surface area (TPSA) is 80.0 Å². The number of carbonyl (C=O) groups excluding carboxylic acids is 1. The molecule has 0 aliphatic carbocycles. The van der Waals surface area contributed by atoms with Crippen LogP contribution in [0.1, 0.15) is 19.1 Å². The van der Waals surface area contributed by atoms with Crippen molar-refractivity contribution in [2.75, 3.05) is 10.6 Å². The largest absolute Gasteiger partial charge is 0.467 e. The highest BCUT2D eigenvalue weighted by molar-refractivity contribution is 5.89. The van der Waals surface area contributed by atoms with Crippen LogP contribution in [-0.2, 0) is 11.3 Å². The van der Waals surface area contributed by atoms with Crippen molar-refractivity contribution in [3.8, 4) is 0 Å². The van der Waals surface area contributed by atoms with E-state index < -0.39 is 0 Å². The predicted octanol–water partition coefficient (Wildman–Crippen LogP) is 2.03. The molecule has 0 aromatic carbocycles. The summed E-state index contributed by atoms with van der Waals surface area (Å²) in [6.07, 6.45) is 2.03. The monoisotopic (exact) mass is 246 g/mol. The lowest BCUT2D eigenvalue weighted by atomic mass is 10.4. The molecule has 0 unspecified atom stereocenters. The van der Waals surface area contributed by atoms with Crippen molar-refractivity contribution >= 4 is 17.5 Å². The van der Waals surface area contributed by atoms with Crippen molar-refractivity contribution in [3.05, 3.63) is 36.3 Å². The molecule has 18 heavy (non-hydrogen) atoms. The Morgan fingerprint density at radius 1 is 1.28 bits per heavy atom. The standard InChI is InChI=1S/C12H14N4O2/c1-2-12(17)14-11-6-5-10(15-16-11)13-8-9-4-3-7-18-9/h3-7H,2,8H2,1H3,(H,13,15)(H,14,16,17). The lowest BCUT2D eigenvalue weighted by molar-refractivity contribution is -0.115. The fourth-order valence-electron chi connectivity index (χ4n) is 1.32. The molecule has 0 aliphatic heterocycles. The molecule has 0 spiro atoms. The van der Waals surface area contributed by atoms with Crippen LogP contribution in [0.2, 0.25) is 0 Å². The first-order valence-corrected chi connectivity index (χ1v) is 5.67. The Kier molecular flexibility index (Phi) is 3.90. The molecular weight excluding hydrogens is 232 g/mol. The number of amides is 1. The van der Waals surface area contributed by atoms with Gasteiger partial charge in [-0.3, -0.25) is 4.79 Å². The fraction of sp³-hybridized carbons (Fsp3) is 0.250. The second-order valence-corrected chi connectivity index (χ2v) is 3.64. The van der Waals surface area contributed by atoms with E-state index in [1.165, 1.54) is 0 Å². The van der Waals surface area contributed by atoms with Crippen LogP contribution in [0.25, 0.3) is 0 Å². The molecule has 2 rings (SSSR count). The van der Waals surface area contributed by atoms with E-state index in [9.17, 15) is 4.79 Å². The third-order valence-corrected chi connectivity index (χ3v) is 2.28. The van der Waals surface area contributed by atoms with Gasteiger partial charge < -0.3 is 15.1 Å². The Hall–Kier alpha value is -2.37. The van der Waals surface area contributed by atoms with Crippen molar-refractivity contribution in [2.45, 2.75) is 19.9 Å². The summed E-state index contributed by atoms with van der Waals surface area (Å²) in [5.41, 5.74) is 0. The molecule has 1 amide bonds. The summed E-state index contributed by atoms with van der Waals surface area (Å²) in [5, 5.41) is 13.5. The molecule has 2 aromatic heterocycles. The zero-order valence-electron chi connectivity index (χ0n) is 10.0. The number of furan rings is 1. The van der Waals surface area contributed by atoms with Crippen molar-refractivity contribution in [1.82, 2.24) is 10.2 Å². The third kappa shape index (κ3) is 3.31. The number of anilines is 2. The Balaban J connectivity index is 1.89. The molecule has 0 radical (unpaired) electrons. The maximum atomic E-state index is 11.1. The molecule has 0 bridgehead atoms. The second-order valence-electron chi connectivity index (χ2n) is 3.64. The van der Waals surface area contributed by atoms with Crippen molar-refractivity contribution in [1.29, 1.82) is 0 Å². The van der Waals surface area contributed by atoms with E-state index in [4.69, 9.17) is 4.42 Å². The average Bonchev–Trinajstić information content (AvgIpc) is 2.91. The number of carbonyl (C=O) groups is 1. The molecule has 0 aliphatic rings. The Labute approximate surface area is 104 Å². The van der Waals surface area contributed by atoms with E-state index in [1.54, 1.807) is 25.3 Å². The summed E-state index contributed by atoms with van der Waals surface area (Å²) in [5.74, 6) is 1.81. The van der Waals surface area contributed by atoms with E-state index in [0.717, 1.165) is 5.76 Å². The van der Waals surface area contributed by atoms with E-state index in [1.807, 2.05) is 12.1 Å². The second kappa shape index (κ2) is 5.81. The summed E-state index contributed by atoms with van der Waals surface area (Å²) >= 11 is 0. The Bertz CT molecular complexity index is 493. The molecule has 0 saturated carbocycles. The normalized spacial score (nSPS) is 10.1. The van der Waals surface area contributed by atoms with Crippen LogP contribution in [0.5, 0.6) is 0 Å². The molecular formula is C12H14N4O2. The van der Waals surface area contributed by atoms with Crippen molar-refractivity contribution in [2.24, 2.45) is 0 Å². The zero-order valence-corrected chi connectivity index (χ0v) is 10.0. The molecule has 2 aromatic rings. The highest BCUT2D eigenvalue weighted by Gasteiger charge is 2.02. The first-order chi connectivity index (χ1) is 8.78. The van der Waals surface area contributed by atoms with Gasteiger partial charge in [-0.15, -0.1) is 10.2 Å². The van der Waals surface area contributed by atoms with Gasteiger partial charge in [-0.25, -0.2) is 0 Å². The molecule has 2 N–H and O–H groups in total. The number of rotatable bonds is 5. The van der Waals surface area contributed by atoms with Crippen LogP contribution in [0.15, 0.2) is 34.9 Å². The van der Waals surface area contributed by atoms with Gasteiger partial charge in [-0.2, -0.15) is 0 Å². The Morgan fingerprint density at radius 2 is 2.06 bits per heavy atom. The SMILES string of the molecule is CCC(=O)Nc1ccc(NCc2ccco2)nn1. The minimum atomic E-state index is -0.0828. The van der Waals surface area contributed by atoms with E-state index in [0.29, 0.717) is 24.6 Å². The number of hydrogen-bond donors (Lipinski definition) is 2. The van der Waals surface area contributed by atoms with Crippen LogP contribution in [0.4, 0.5) is 11.6 Å². The lowest BCUT2D eigenvalue weighted by Crippen LogP contribution is -2.11. The lowest BCUT2D eigenvalue weighted by Gasteiger charge is -2.04. The van der Waals surface area contributed by atoms with Crippen LogP contribution in [-0.4, -0.2) is 16.1 Å². The van der Waals surface area contributed by atoms with Gasteiger partial charge in [0.15, 0.2) is 5.82 Å². The summed E-state index contributed by atoms with van der Waals surface area (Å²) in [6, 6.07) is 7.15. The molecule has 0 saturated heterocycles. The van der Waals surface area contributed by atoms with Gasteiger partial charge in [-0.1, -0.05) is 6.92 Å². The maximum Gasteiger partial charge on any atom is 0.225 e. The molecule has 0 fully saturated rings. The van der Waals surface area contributed by atoms with Crippen LogP contribution < -0.4 is 10.6 Å². The van der Waals surface area contributed by atoms with Gasteiger partial charge in [0, 0.05) is 6.42 Å². The van der Waals surface area contributed by atoms with Crippen LogP contribution in [0.3, 0.4) is 0 Å². The first-order valence-electron chi connectivity index (χ1n) is 5.67. The summed E-state index contributed by atoms with van der Waals surface area (Å²) in [7, 11) is 0. The van der Waals surface area contributed by atoms with E-state index in [-0.39, 0.29) is 5.91 Å². The summed E-state index contributed by atoms with van der Waals surface area (Å²) in [4.78, 5) is 11.1. The van der Waals surface area contributed by atoms with E-state index in [2.05, 4.69) is 20.8 Å². The maximum absolute atomic E-state index is 11.1. The Morgan fingerprint density at radius 3 is 2.67 bits per heavy atom. The third-order valence-electron chi connectivity index (χ3n) is 2.28. The molecule has 6 nitrogen and oxygen atoms in total. The van der Waals surface area contributed by atoms with Crippen LogP contribution >= 0.6 is 0 Å². The smallest absolute Gasteiger partial charge is 0.225 e. The summed E-state index contributed by atoms with van der Waals surface area (Å²) in [6.45, 7) is 2.32.